The van der Waals surface area contributed by atoms with E-state index < -0.39 is 0 Å². The summed E-state index contributed by atoms with van der Waals surface area (Å²) in [5, 5.41) is 8.89. The summed E-state index contributed by atoms with van der Waals surface area (Å²) in [6.07, 6.45) is 5.20. The molecule has 0 fully saturated rings. The molecule has 0 aliphatic heterocycles. The quantitative estimate of drug-likeness (QED) is 0.387. The lowest BCUT2D eigenvalue weighted by atomic mass is 10.0. The van der Waals surface area contributed by atoms with Gasteiger partial charge in [0.25, 0.3) is 5.56 Å². The van der Waals surface area contributed by atoms with Crippen LogP contribution in [0.25, 0.3) is 28.0 Å². The Kier molecular flexibility index (Phi) is 5.51. The number of ether oxygens (including phenoxy) is 1. The second-order valence-corrected chi connectivity index (χ2v) is 9.28. The van der Waals surface area contributed by atoms with E-state index in [2.05, 4.69) is 30.0 Å². The van der Waals surface area contributed by atoms with Crippen LogP contribution in [-0.2, 0) is 0 Å². The summed E-state index contributed by atoms with van der Waals surface area (Å²) in [6.45, 7) is 6.96. The van der Waals surface area contributed by atoms with E-state index in [-0.39, 0.29) is 5.56 Å². The maximum absolute atomic E-state index is 12.7. The lowest BCUT2D eigenvalue weighted by Gasteiger charge is -2.12. The van der Waals surface area contributed by atoms with Crippen LogP contribution >= 0.6 is 11.3 Å². The molecule has 7 nitrogen and oxygen atoms in total. The molecule has 0 bridgehead atoms. The summed E-state index contributed by atoms with van der Waals surface area (Å²) < 4.78 is 9.66. The largest absolute Gasteiger partial charge is 0.493 e. The fourth-order valence-electron chi connectivity index (χ4n) is 3.56. The maximum atomic E-state index is 12.7. The first-order valence-electron chi connectivity index (χ1n) is 10.7. The number of hydrogen-bond donors (Lipinski definition) is 0. The highest BCUT2D eigenvalue weighted by Crippen LogP contribution is 2.29. The Morgan fingerprint density at radius 3 is 2.70 bits per heavy atom. The highest BCUT2D eigenvalue weighted by molar-refractivity contribution is 7.15. The summed E-state index contributed by atoms with van der Waals surface area (Å²) in [4.78, 5) is 17.5. The monoisotopic (exact) mass is 457 g/mol. The first kappa shape index (κ1) is 21.1. The number of nitrogens with zero attached hydrogens (tertiary/aromatic N) is 5. The zero-order chi connectivity index (χ0) is 22.9. The molecule has 33 heavy (non-hydrogen) atoms. The van der Waals surface area contributed by atoms with E-state index in [1.807, 2.05) is 66.3 Å². The molecule has 0 atom stereocenters. The van der Waals surface area contributed by atoms with Crippen LogP contribution in [0.4, 0.5) is 0 Å². The first-order valence-corrected chi connectivity index (χ1v) is 11.5. The van der Waals surface area contributed by atoms with Crippen LogP contribution in [0, 0.1) is 12.8 Å². The molecule has 2 aromatic carbocycles. The fourth-order valence-corrected chi connectivity index (χ4v) is 4.44. The summed E-state index contributed by atoms with van der Waals surface area (Å²) >= 11 is 1.31. The zero-order valence-electron chi connectivity index (χ0n) is 18.6. The number of aryl methyl sites for hydroxylation is 1. The average molecular weight is 458 g/mol. The van der Waals surface area contributed by atoms with Crippen molar-refractivity contribution in [2.45, 2.75) is 20.8 Å². The van der Waals surface area contributed by atoms with Crippen molar-refractivity contribution in [3.05, 3.63) is 87.1 Å². The topological polar surface area (TPSA) is 74.3 Å². The van der Waals surface area contributed by atoms with Gasteiger partial charge in [0, 0.05) is 17.3 Å². The van der Waals surface area contributed by atoms with Crippen molar-refractivity contribution in [2.75, 3.05) is 6.61 Å². The number of thiazole rings is 1. The van der Waals surface area contributed by atoms with E-state index in [1.165, 1.54) is 22.2 Å². The van der Waals surface area contributed by atoms with Crippen molar-refractivity contribution >= 4 is 22.4 Å². The van der Waals surface area contributed by atoms with Crippen molar-refractivity contribution < 1.29 is 4.74 Å². The standard InChI is InChI=1S/C25H23N5O2S/c1-16(2)14-32-21-10-9-18(11-17(21)3)23-19(13-29(28-23)20-7-5-4-6-8-20)12-22-24(31)30-25(33-22)26-15-27-30/h4-13,15-16H,14H2,1-3H3. The number of rotatable bonds is 6. The van der Waals surface area contributed by atoms with Crippen molar-refractivity contribution in [2.24, 2.45) is 5.92 Å². The van der Waals surface area contributed by atoms with Crippen molar-refractivity contribution in [3.63, 3.8) is 0 Å². The number of hydrogen-bond acceptors (Lipinski definition) is 6. The third kappa shape index (κ3) is 4.17. The van der Waals surface area contributed by atoms with Gasteiger partial charge in [-0.1, -0.05) is 43.4 Å². The molecule has 5 rings (SSSR count). The Hall–Kier alpha value is -3.78. The van der Waals surface area contributed by atoms with Crippen molar-refractivity contribution in [1.29, 1.82) is 0 Å². The molecule has 0 amide bonds. The summed E-state index contributed by atoms with van der Waals surface area (Å²) in [6, 6.07) is 16.0. The van der Waals surface area contributed by atoms with Gasteiger partial charge >= 0.3 is 0 Å². The molecule has 0 unspecified atom stereocenters. The van der Waals surface area contributed by atoms with Gasteiger partial charge in [-0.3, -0.25) is 4.79 Å². The van der Waals surface area contributed by atoms with Gasteiger partial charge < -0.3 is 4.74 Å². The molecule has 0 aliphatic carbocycles. The second kappa shape index (κ2) is 8.63. The van der Waals surface area contributed by atoms with Gasteiger partial charge in [0.15, 0.2) is 0 Å². The van der Waals surface area contributed by atoms with E-state index in [0.29, 0.717) is 22.0 Å². The number of fused-ring (bicyclic) bond motifs is 1. The third-order valence-electron chi connectivity index (χ3n) is 5.19. The van der Waals surface area contributed by atoms with Crippen LogP contribution in [0.5, 0.6) is 5.75 Å². The van der Waals surface area contributed by atoms with Crippen molar-refractivity contribution in [3.8, 4) is 22.7 Å². The molecule has 3 heterocycles. The normalized spacial score (nSPS) is 12.2. The van der Waals surface area contributed by atoms with Crippen molar-refractivity contribution in [1.82, 2.24) is 24.4 Å². The van der Waals surface area contributed by atoms with E-state index >= 15 is 0 Å². The minimum atomic E-state index is -0.181. The first-order chi connectivity index (χ1) is 16.0. The lowest BCUT2D eigenvalue weighted by molar-refractivity contribution is 0.269. The molecule has 0 radical (unpaired) electrons. The smallest absolute Gasteiger partial charge is 0.291 e. The molecule has 0 aliphatic rings. The molecule has 0 N–H and O–H groups in total. The van der Waals surface area contributed by atoms with Crippen LogP contribution < -0.4 is 14.8 Å². The van der Waals surface area contributed by atoms with Gasteiger partial charge in [0.1, 0.15) is 17.8 Å². The van der Waals surface area contributed by atoms with Crippen LogP contribution in [0.1, 0.15) is 25.0 Å². The SMILES string of the molecule is Cc1cc(-c2nn(-c3ccccc3)cc2C=c2sc3ncnn3c2=O)ccc1OCC(C)C. The van der Waals surface area contributed by atoms with Gasteiger partial charge in [-0.05, 0) is 54.8 Å². The Bertz CT molecular complexity index is 1530. The summed E-state index contributed by atoms with van der Waals surface area (Å²) in [5.74, 6) is 1.32. The predicted molar refractivity (Wildman–Crippen MR) is 130 cm³/mol. The van der Waals surface area contributed by atoms with E-state index in [1.54, 1.807) is 0 Å². The Morgan fingerprint density at radius 1 is 1.15 bits per heavy atom. The minimum Gasteiger partial charge on any atom is -0.493 e. The maximum Gasteiger partial charge on any atom is 0.291 e. The molecular weight excluding hydrogens is 434 g/mol. The van der Waals surface area contributed by atoms with Gasteiger partial charge in [-0.2, -0.15) is 14.7 Å². The highest BCUT2D eigenvalue weighted by Gasteiger charge is 2.14. The Balaban J connectivity index is 1.63. The predicted octanol–water partition coefficient (Wildman–Crippen LogP) is 3.89. The Morgan fingerprint density at radius 2 is 1.97 bits per heavy atom. The van der Waals surface area contributed by atoms with Gasteiger partial charge in [-0.25, -0.2) is 9.67 Å². The van der Waals surface area contributed by atoms with E-state index in [4.69, 9.17) is 9.84 Å². The van der Waals surface area contributed by atoms with Gasteiger partial charge in [0.2, 0.25) is 4.96 Å². The molecule has 8 heteroatoms. The van der Waals surface area contributed by atoms with Crippen LogP contribution in [0.15, 0.2) is 65.8 Å². The van der Waals surface area contributed by atoms with Crippen LogP contribution in [0.2, 0.25) is 0 Å². The lowest BCUT2D eigenvalue weighted by Crippen LogP contribution is -2.23. The number of para-hydroxylation sites is 1. The molecule has 3 aromatic heterocycles. The zero-order valence-corrected chi connectivity index (χ0v) is 19.4. The molecular formula is C25H23N5O2S. The highest BCUT2D eigenvalue weighted by atomic mass is 32.1. The summed E-state index contributed by atoms with van der Waals surface area (Å²) in [7, 11) is 0. The Labute approximate surface area is 194 Å². The minimum absolute atomic E-state index is 0.181. The molecule has 5 aromatic rings. The fraction of sp³-hybridized carbons (Fsp3) is 0.200. The third-order valence-corrected chi connectivity index (χ3v) is 6.16. The number of aromatic nitrogens is 5. The molecule has 0 saturated heterocycles. The summed E-state index contributed by atoms with van der Waals surface area (Å²) in [5.41, 5.74) is 4.39. The molecule has 0 saturated carbocycles. The number of benzene rings is 2. The van der Waals surface area contributed by atoms with Crippen LogP contribution in [0.3, 0.4) is 0 Å². The second-order valence-electron chi connectivity index (χ2n) is 8.27. The van der Waals surface area contributed by atoms with E-state index in [0.717, 1.165) is 33.8 Å². The van der Waals surface area contributed by atoms with Gasteiger partial charge in [-0.15, -0.1) is 0 Å². The average Bonchev–Trinajstić information content (AvgIpc) is 3.51. The molecule has 166 valence electrons. The molecule has 0 spiro atoms. The van der Waals surface area contributed by atoms with Gasteiger partial charge in [0.05, 0.1) is 16.8 Å². The van der Waals surface area contributed by atoms with Crippen LogP contribution in [-0.4, -0.2) is 31.0 Å². The van der Waals surface area contributed by atoms with E-state index in [9.17, 15) is 4.79 Å².